The number of carbonyl (C=O) groups excluding carboxylic acids is 3. The average Bonchev–Trinajstić information content (AvgIpc) is 2.36. The summed E-state index contributed by atoms with van der Waals surface area (Å²) in [5.74, 6) is -1.76. The zero-order chi connectivity index (χ0) is 14.0. The van der Waals surface area contributed by atoms with Gasteiger partial charge in [-0.1, -0.05) is 19.3 Å². The highest BCUT2D eigenvalue weighted by Gasteiger charge is 2.46. The van der Waals surface area contributed by atoms with E-state index in [9.17, 15) is 18.8 Å². The Hall–Kier alpha value is -1.66. The molecule has 7 heteroatoms. The molecule has 1 saturated carbocycles. The zero-order valence-corrected chi connectivity index (χ0v) is 10.7. The second kappa shape index (κ2) is 5.54. The first-order chi connectivity index (χ1) is 9.00. The van der Waals surface area contributed by atoms with Gasteiger partial charge in [0, 0.05) is 13.0 Å². The minimum absolute atomic E-state index is 0.190. The van der Waals surface area contributed by atoms with E-state index in [0.717, 1.165) is 39.0 Å². The standard InChI is InChI=1S/C12H17FN2O4/c1-7(16)19-11-9(13)10(17)14-12(18)15(11)8-5-3-2-4-6-8/h8-9,11H,2-6H2,1H3,(H,14,17,18)/t9-,11-/m1/s1. The minimum Gasteiger partial charge on any atom is -0.438 e. The number of nitrogens with one attached hydrogen (secondary N) is 1. The van der Waals surface area contributed by atoms with Crippen molar-refractivity contribution >= 4 is 17.9 Å². The maximum atomic E-state index is 13.9. The Bertz CT molecular complexity index is 395. The zero-order valence-electron chi connectivity index (χ0n) is 10.7. The number of ether oxygens (including phenoxy) is 1. The summed E-state index contributed by atoms with van der Waals surface area (Å²) in [6.07, 6.45) is 0.920. The van der Waals surface area contributed by atoms with Crippen molar-refractivity contribution in [3.63, 3.8) is 0 Å². The molecule has 0 unspecified atom stereocenters. The van der Waals surface area contributed by atoms with Crippen molar-refractivity contribution in [3.8, 4) is 0 Å². The summed E-state index contributed by atoms with van der Waals surface area (Å²) in [7, 11) is 0. The van der Waals surface area contributed by atoms with E-state index >= 15 is 0 Å². The summed E-state index contributed by atoms with van der Waals surface area (Å²) in [5.41, 5.74) is 0. The topological polar surface area (TPSA) is 75.7 Å². The van der Waals surface area contributed by atoms with E-state index in [-0.39, 0.29) is 6.04 Å². The van der Waals surface area contributed by atoms with E-state index < -0.39 is 30.3 Å². The fraction of sp³-hybridized carbons (Fsp3) is 0.750. The van der Waals surface area contributed by atoms with Gasteiger partial charge in [0.2, 0.25) is 12.4 Å². The van der Waals surface area contributed by atoms with Crippen LogP contribution in [0.15, 0.2) is 0 Å². The summed E-state index contributed by atoms with van der Waals surface area (Å²) in [5, 5.41) is 1.96. The summed E-state index contributed by atoms with van der Waals surface area (Å²) in [6.45, 7) is 1.13. The van der Waals surface area contributed by atoms with Gasteiger partial charge in [-0.05, 0) is 12.8 Å². The molecule has 1 heterocycles. The molecule has 1 aliphatic carbocycles. The van der Waals surface area contributed by atoms with E-state index in [4.69, 9.17) is 4.74 Å². The number of alkyl halides is 1. The summed E-state index contributed by atoms with van der Waals surface area (Å²) < 4.78 is 18.7. The highest BCUT2D eigenvalue weighted by atomic mass is 19.1. The molecule has 6 nitrogen and oxygen atoms in total. The van der Waals surface area contributed by atoms with Gasteiger partial charge in [0.05, 0.1) is 0 Å². The molecule has 0 aromatic rings. The van der Waals surface area contributed by atoms with Crippen molar-refractivity contribution in [1.29, 1.82) is 0 Å². The van der Waals surface area contributed by atoms with Crippen LogP contribution in [0.25, 0.3) is 0 Å². The van der Waals surface area contributed by atoms with Gasteiger partial charge in [-0.2, -0.15) is 0 Å². The third-order valence-electron chi connectivity index (χ3n) is 3.49. The van der Waals surface area contributed by atoms with Gasteiger partial charge in [-0.15, -0.1) is 0 Å². The van der Waals surface area contributed by atoms with Crippen LogP contribution in [0.2, 0.25) is 0 Å². The lowest BCUT2D eigenvalue weighted by molar-refractivity contribution is -0.169. The first kappa shape index (κ1) is 13.8. The van der Waals surface area contributed by atoms with Crippen molar-refractivity contribution in [1.82, 2.24) is 10.2 Å². The number of hydrogen-bond acceptors (Lipinski definition) is 4. The number of amides is 3. The summed E-state index contributed by atoms with van der Waals surface area (Å²) >= 11 is 0. The van der Waals surface area contributed by atoms with Crippen molar-refractivity contribution in [3.05, 3.63) is 0 Å². The van der Waals surface area contributed by atoms with Gasteiger partial charge in [0.25, 0.3) is 5.91 Å². The molecule has 2 aliphatic rings. The lowest BCUT2D eigenvalue weighted by atomic mass is 9.93. The van der Waals surface area contributed by atoms with Gasteiger partial charge in [-0.25, -0.2) is 9.18 Å². The number of imide groups is 1. The lowest BCUT2D eigenvalue weighted by Crippen LogP contribution is -2.65. The second-order valence-corrected chi connectivity index (χ2v) is 4.90. The molecule has 2 fully saturated rings. The predicted octanol–water partition coefficient (Wildman–Crippen LogP) is 1.10. The predicted molar refractivity (Wildman–Crippen MR) is 62.7 cm³/mol. The maximum Gasteiger partial charge on any atom is 0.327 e. The average molecular weight is 272 g/mol. The molecule has 2 atom stereocenters. The van der Waals surface area contributed by atoms with Crippen LogP contribution in [0.3, 0.4) is 0 Å². The van der Waals surface area contributed by atoms with Gasteiger partial charge >= 0.3 is 12.0 Å². The first-order valence-corrected chi connectivity index (χ1v) is 6.45. The Morgan fingerprint density at radius 1 is 1.32 bits per heavy atom. The molecule has 1 N–H and O–H groups in total. The molecule has 106 valence electrons. The number of hydrogen-bond donors (Lipinski definition) is 1. The number of nitrogens with zero attached hydrogens (tertiary/aromatic N) is 1. The number of esters is 1. The Balaban J connectivity index is 2.21. The van der Waals surface area contributed by atoms with Gasteiger partial charge < -0.3 is 4.74 Å². The fourth-order valence-electron chi connectivity index (χ4n) is 2.64. The molecule has 2 rings (SSSR count). The van der Waals surface area contributed by atoms with E-state index in [2.05, 4.69) is 0 Å². The lowest BCUT2D eigenvalue weighted by Gasteiger charge is -2.42. The van der Waals surface area contributed by atoms with Crippen LogP contribution in [-0.2, 0) is 14.3 Å². The van der Waals surface area contributed by atoms with Crippen molar-refractivity contribution < 1.29 is 23.5 Å². The van der Waals surface area contributed by atoms with Crippen LogP contribution >= 0.6 is 0 Å². The molecule has 1 aliphatic heterocycles. The largest absolute Gasteiger partial charge is 0.438 e. The number of carbonyl (C=O) groups is 3. The monoisotopic (exact) mass is 272 g/mol. The van der Waals surface area contributed by atoms with Crippen LogP contribution in [0.4, 0.5) is 9.18 Å². The molecule has 0 radical (unpaired) electrons. The Morgan fingerprint density at radius 2 is 1.95 bits per heavy atom. The van der Waals surface area contributed by atoms with Crippen molar-refractivity contribution in [2.24, 2.45) is 0 Å². The molecular formula is C12H17FN2O4. The Kier molecular flexibility index (Phi) is 4.01. The molecule has 0 aromatic carbocycles. The normalized spacial score (nSPS) is 29.1. The molecule has 0 bridgehead atoms. The third-order valence-corrected chi connectivity index (χ3v) is 3.49. The minimum atomic E-state index is -2.04. The molecule has 0 spiro atoms. The van der Waals surface area contributed by atoms with Crippen LogP contribution in [0, 0.1) is 0 Å². The third kappa shape index (κ3) is 2.85. The highest BCUT2D eigenvalue weighted by molar-refractivity contribution is 5.99. The van der Waals surface area contributed by atoms with Crippen LogP contribution in [0.1, 0.15) is 39.0 Å². The fourth-order valence-corrected chi connectivity index (χ4v) is 2.64. The van der Waals surface area contributed by atoms with Crippen LogP contribution in [-0.4, -0.2) is 41.2 Å². The van der Waals surface area contributed by atoms with Crippen LogP contribution < -0.4 is 5.32 Å². The molecule has 1 saturated heterocycles. The smallest absolute Gasteiger partial charge is 0.327 e. The van der Waals surface area contributed by atoms with Gasteiger partial charge in [0.15, 0.2) is 0 Å². The molecular weight excluding hydrogens is 255 g/mol. The number of rotatable bonds is 2. The summed E-state index contributed by atoms with van der Waals surface area (Å²) in [4.78, 5) is 35.4. The SMILES string of the molecule is CC(=O)O[C@@H]1[C@H](F)C(=O)NC(=O)N1C1CCCCC1. The van der Waals surface area contributed by atoms with E-state index in [1.165, 1.54) is 4.90 Å². The van der Waals surface area contributed by atoms with Gasteiger partial charge in [-0.3, -0.25) is 19.8 Å². The summed E-state index contributed by atoms with van der Waals surface area (Å²) in [6, 6.07) is -0.874. The number of halogens is 1. The Labute approximate surface area is 110 Å². The first-order valence-electron chi connectivity index (χ1n) is 6.45. The second-order valence-electron chi connectivity index (χ2n) is 4.90. The van der Waals surface area contributed by atoms with Crippen molar-refractivity contribution in [2.75, 3.05) is 0 Å². The maximum absolute atomic E-state index is 13.9. The molecule has 19 heavy (non-hydrogen) atoms. The highest BCUT2D eigenvalue weighted by Crippen LogP contribution is 2.28. The van der Waals surface area contributed by atoms with Crippen LogP contribution in [0.5, 0.6) is 0 Å². The van der Waals surface area contributed by atoms with E-state index in [1.54, 1.807) is 0 Å². The van der Waals surface area contributed by atoms with E-state index in [0.29, 0.717) is 0 Å². The quantitative estimate of drug-likeness (QED) is 0.764. The molecule has 0 aromatic heterocycles. The number of urea groups is 1. The Morgan fingerprint density at radius 3 is 2.53 bits per heavy atom. The van der Waals surface area contributed by atoms with Gasteiger partial charge in [0.1, 0.15) is 0 Å². The van der Waals surface area contributed by atoms with E-state index in [1.807, 2.05) is 5.32 Å². The van der Waals surface area contributed by atoms with Crippen molar-refractivity contribution in [2.45, 2.75) is 57.5 Å². The molecule has 3 amide bonds.